The molecular formula is C22H30BrN3O2S2. The first kappa shape index (κ1) is 23.6. The topological polar surface area (TPSA) is 68.5 Å². The number of rotatable bonds is 5. The molecule has 2 aromatic rings. The van der Waals surface area contributed by atoms with Crippen LogP contribution in [0.2, 0.25) is 0 Å². The first-order chi connectivity index (χ1) is 14.4. The number of carbonyl (C=O) groups excluding carboxylic acids is 1. The van der Waals surface area contributed by atoms with Crippen molar-refractivity contribution in [2.45, 2.75) is 69.3 Å². The summed E-state index contributed by atoms with van der Waals surface area (Å²) in [6.07, 6.45) is 9.39. The van der Waals surface area contributed by atoms with Crippen LogP contribution >= 0.6 is 39.2 Å². The van der Waals surface area contributed by atoms with Gasteiger partial charge in [-0.25, -0.2) is 14.1 Å². The average molecular weight is 513 g/mol. The molecule has 2 heterocycles. The number of nitrogens with two attached hydrogens (primary N) is 1. The molecule has 2 fully saturated rings. The highest BCUT2D eigenvalue weighted by Crippen LogP contribution is 2.42. The van der Waals surface area contributed by atoms with Crippen LogP contribution < -0.4 is 5.73 Å². The Morgan fingerprint density at radius 3 is 2.57 bits per heavy atom. The second-order valence-corrected chi connectivity index (χ2v) is 11.0. The monoisotopic (exact) mass is 511 g/mol. The average Bonchev–Trinajstić information content (AvgIpc) is 3.15. The lowest BCUT2D eigenvalue weighted by Gasteiger charge is -2.29. The van der Waals surface area contributed by atoms with Gasteiger partial charge in [0.2, 0.25) is 0 Å². The Hall–Kier alpha value is -1.09. The van der Waals surface area contributed by atoms with Crippen LogP contribution in [0, 0.1) is 0 Å². The van der Waals surface area contributed by atoms with Crippen molar-refractivity contribution >= 4 is 45.3 Å². The Kier molecular flexibility index (Phi) is 9.04. The largest absolute Gasteiger partial charge is 0.447 e. The molecule has 1 aliphatic heterocycles. The minimum absolute atomic E-state index is 0.0995. The molecule has 2 aliphatic rings. The van der Waals surface area contributed by atoms with Crippen LogP contribution in [0.5, 0.6) is 0 Å². The van der Waals surface area contributed by atoms with Crippen molar-refractivity contribution < 1.29 is 9.53 Å². The van der Waals surface area contributed by atoms with Gasteiger partial charge in [-0.05, 0) is 57.2 Å². The molecule has 1 saturated carbocycles. The van der Waals surface area contributed by atoms with Gasteiger partial charge in [-0.3, -0.25) is 0 Å². The van der Waals surface area contributed by atoms with Crippen LogP contribution in [-0.2, 0) is 4.74 Å². The predicted octanol–water partition coefficient (Wildman–Crippen LogP) is 6.82. The molecule has 1 aromatic heterocycles. The zero-order chi connectivity index (χ0) is 21.5. The highest BCUT2D eigenvalue weighted by molar-refractivity contribution is 9.10. The predicted molar refractivity (Wildman–Crippen MR) is 129 cm³/mol. The molecular weight excluding hydrogens is 482 g/mol. The van der Waals surface area contributed by atoms with E-state index in [-0.39, 0.29) is 6.10 Å². The first-order valence-electron chi connectivity index (χ1n) is 10.6. The number of aromatic nitrogens is 1. The molecule has 0 radical (unpaired) electrons. The van der Waals surface area contributed by atoms with Crippen molar-refractivity contribution in [3.8, 4) is 10.4 Å². The van der Waals surface area contributed by atoms with Crippen molar-refractivity contribution in [1.82, 2.24) is 9.29 Å². The van der Waals surface area contributed by atoms with Crippen molar-refractivity contribution in [3.63, 3.8) is 0 Å². The van der Waals surface area contributed by atoms with Crippen molar-refractivity contribution in [2.24, 2.45) is 5.73 Å². The summed E-state index contributed by atoms with van der Waals surface area (Å²) in [5.41, 5.74) is 5.97. The number of hydrogen-bond donors (Lipinski definition) is 1. The number of thiazole rings is 1. The summed E-state index contributed by atoms with van der Waals surface area (Å²) in [6, 6.07) is 6.64. The highest BCUT2D eigenvalue weighted by Gasteiger charge is 2.21. The van der Waals surface area contributed by atoms with Crippen molar-refractivity contribution in [1.29, 1.82) is 0 Å². The summed E-state index contributed by atoms with van der Waals surface area (Å²) in [4.78, 5) is 17.3. The van der Waals surface area contributed by atoms with E-state index in [2.05, 4.69) is 55.1 Å². The molecule has 30 heavy (non-hydrogen) atoms. The summed E-state index contributed by atoms with van der Waals surface area (Å²) >= 11 is 7.42. The maximum Gasteiger partial charge on any atom is 0.404 e. The van der Waals surface area contributed by atoms with Gasteiger partial charge in [-0.2, -0.15) is 0 Å². The molecule has 2 N–H and O–H groups in total. The SMILES string of the molecule is Brc1ccc(-c2cnc(C3CCCCC3)s2)c(SN2CCC2)c1.CC(C)OC(N)=O. The summed E-state index contributed by atoms with van der Waals surface area (Å²) in [5.74, 6) is 0.699. The maximum atomic E-state index is 9.81. The molecule has 0 unspecified atom stereocenters. The van der Waals surface area contributed by atoms with Crippen LogP contribution in [0.25, 0.3) is 10.4 Å². The van der Waals surface area contributed by atoms with E-state index in [9.17, 15) is 4.79 Å². The van der Waals surface area contributed by atoms with E-state index >= 15 is 0 Å². The Labute approximate surface area is 196 Å². The lowest BCUT2D eigenvalue weighted by molar-refractivity contribution is 0.125. The van der Waals surface area contributed by atoms with Gasteiger partial charge in [0.25, 0.3) is 0 Å². The number of hydrogen-bond acceptors (Lipinski definition) is 6. The zero-order valence-corrected chi connectivity index (χ0v) is 20.8. The van der Waals surface area contributed by atoms with Gasteiger partial charge >= 0.3 is 6.09 Å². The van der Waals surface area contributed by atoms with E-state index in [0.717, 1.165) is 4.47 Å². The van der Waals surface area contributed by atoms with Gasteiger partial charge in [0.05, 0.1) is 16.0 Å². The second-order valence-electron chi connectivity index (χ2n) is 7.90. The van der Waals surface area contributed by atoms with E-state index in [4.69, 9.17) is 4.98 Å². The number of primary amides is 1. The molecule has 0 bridgehead atoms. The molecule has 4 rings (SSSR count). The molecule has 164 valence electrons. The second kappa shape index (κ2) is 11.5. The number of amides is 1. The van der Waals surface area contributed by atoms with E-state index in [1.807, 2.05) is 23.3 Å². The number of carbonyl (C=O) groups is 1. The van der Waals surface area contributed by atoms with Gasteiger partial charge in [0, 0.05) is 40.1 Å². The number of halogens is 1. The Bertz CT molecular complexity index is 834. The lowest BCUT2D eigenvalue weighted by atomic mass is 9.90. The van der Waals surface area contributed by atoms with Crippen LogP contribution in [0.1, 0.15) is 63.3 Å². The molecule has 5 nitrogen and oxygen atoms in total. The quantitative estimate of drug-likeness (QED) is 0.445. The van der Waals surface area contributed by atoms with Gasteiger partial charge in [-0.15, -0.1) is 11.3 Å². The summed E-state index contributed by atoms with van der Waals surface area (Å²) < 4.78 is 7.98. The van der Waals surface area contributed by atoms with E-state index < -0.39 is 6.09 Å². The van der Waals surface area contributed by atoms with Crippen LogP contribution in [0.3, 0.4) is 0 Å². The van der Waals surface area contributed by atoms with Gasteiger partial charge in [0.1, 0.15) is 0 Å². The van der Waals surface area contributed by atoms with E-state index in [1.54, 1.807) is 13.8 Å². The van der Waals surface area contributed by atoms with Gasteiger partial charge < -0.3 is 10.5 Å². The van der Waals surface area contributed by atoms with Gasteiger partial charge in [0.15, 0.2) is 0 Å². The standard InChI is InChI=1S/C18H21BrN2S2.C4H9NO2/c19-14-7-8-15(16(11-14)23-21-9-4-10-21)17-12-20-18(22-17)13-5-2-1-3-6-13;1-3(2)7-4(5)6/h7-8,11-13H,1-6,9-10H2;3H,1-2H3,(H2,5,6). The fourth-order valence-electron chi connectivity index (χ4n) is 3.48. The zero-order valence-electron chi connectivity index (χ0n) is 17.6. The minimum Gasteiger partial charge on any atom is -0.447 e. The van der Waals surface area contributed by atoms with E-state index in [1.165, 1.54) is 72.0 Å². The Balaban J connectivity index is 0.000000318. The molecule has 1 saturated heterocycles. The van der Waals surface area contributed by atoms with Crippen LogP contribution in [-0.4, -0.2) is 34.6 Å². The van der Waals surface area contributed by atoms with Crippen molar-refractivity contribution in [3.05, 3.63) is 33.9 Å². The number of ether oxygens (including phenoxy) is 1. The fraction of sp³-hybridized carbons (Fsp3) is 0.545. The van der Waals surface area contributed by atoms with Crippen LogP contribution in [0.4, 0.5) is 4.79 Å². The lowest BCUT2D eigenvalue weighted by Crippen LogP contribution is -2.30. The fourth-order valence-corrected chi connectivity index (χ4v) is 6.35. The molecule has 0 spiro atoms. The highest BCUT2D eigenvalue weighted by atomic mass is 79.9. The summed E-state index contributed by atoms with van der Waals surface area (Å²) in [7, 11) is 0. The minimum atomic E-state index is -0.713. The third-order valence-corrected chi connectivity index (χ3v) is 7.93. The normalized spacial score (nSPS) is 17.2. The summed E-state index contributed by atoms with van der Waals surface area (Å²) in [5, 5.41) is 1.35. The Morgan fingerprint density at radius 2 is 2.00 bits per heavy atom. The van der Waals surface area contributed by atoms with Crippen molar-refractivity contribution in [2.75, 3.05) is 13.1 Å². The third-order valence-electron chi connectivity index (χ3n) is 5.08. The molecule has 1 amide bonds. The summed E-state index contributed by atoms with van der Waals surface area (Å²) in [6.45, 7) is 5.88. The number of nitrogens with zero attached hydrogens (tertiary/aromatic N) is 2. The maximum absolute atomic E-state index is 9.81. The molecule has 1 aromatic carbocycles. The van der Waals surface area contributed by atoms with Crippen LogP contribution in [0.15, 0.2) is 33.8 Å². The molecule has 1 aliphatic carbocycles. The number of benzene rings is 1. The van der Waals surface area contributed by atoms with Gasteiger partial charge in [-0.1, -0.05) is 41.3 Å². The first-order valence-corrected chi connectivity index (χ1v) is 13.0. The third kappa shape index (κ3) is 6.97. The smallest absolute Gasteiger partial charge is 0.404 e. The Morgan fingerprint density at radius 1 is 1.27 bits per heavy atom. The molecule has 0 atom stereocenters. The van der Waals surface area contributed by atoms with E-state index in [0.29, 0.717) is 5.92 Å². The molecule has 8 heteroatoms.